The van der Waals surface area contributed by atoms with Gasteiger partial charge in [-0.3, -0.25) is 9.89 Å². The third-order valence-electron chi connectivity index (χ3n) is 5.70. The van der Waals surface area contributed by atoms with Gasteiger partial charge >= 0.3 is 6.18 Å². The summed E-state index contributed by atoms with van der Waals surface area (Å²) < 4.78 is 50.5. The Morgan fingerprint density at radius 1 is 1.30 bits per heavy atom. The molecule has 3 unspecified atom stereocenters. The van der Waals surface area contributed by atoms with Crippen molar-refractivity contribution in [2.24, 2.45) is 4.99 Å². The molecule has 0 bridgehead atoms. The molecule has 2 fully saturated rings. The van der Waals surface area contributed by atoms with E-state index in [2.05, 4.69) is 29.1 Å². The largest absolute Gasteiger partial charge is 0.416 e. The number of benzene rings is 1. The van der Waals surface area contributed by atoms with Gasteiger partial charge in [-0.1, -0.05) is 12.1 Å². The smallest absolute Gasteiger partial charge is 0.379 e. The molecule has 0 amide bonds. The molecule has 0 spiro atoms. The first kappa shape index (κ1) is 22.8. The van der Waals surface area contributed by atoms with Crippen LogP contribution in [0.15, 0.2) is 29.3 Å². The van der Waals surface area contributed by atoms with Crippen molar-refractivity contribution in [2.75, 3.05) is 53.0 Å². The molecule has 0 aliphatic carbocycles. The van der Waals surface area contributed by atoms with Crippen molar-refractivity contribution in [2.45, 2.75) is 38.2 Å². The van der Waals surface area contributed by atoms with Gasteiger partial charge in [0.1, 0.15) is 6.10 Å². The summed E-state index contributed by atoms with van der Waals surface area (Å²) in [6.45, 7) is 8.95. The molecule has 9 heteroatoms. The van der Waals surface area contributed by atoms with Gasteiger partial charge < -0.3 is 19.7 Å². The highest BCUT2D eigenvalue weighted by Crippen LogP contribution is 2.32. The van der Waals surface area contributed by atoms with Crippen LogP contribution in [0, 0.1) is 0 Å². The summed E-state index contributed by atoms with van der Waals surface area (Å²) in [7, 11) is 1.72. The maximum absolute atomic E-state index is 13.1. The van der Waals surface area contributed by atoms with Gasteiger partial charge in [-0.25, -0.2) is 0 Å². The monoisotopic (exact) mass is 428 g/mol. The van der Waals surface area contributed by atoms with E-state index in [-0.39, 0.29) is 0 Å². The zero-order valence-corrected chi connectivity index (χ0v) is 17.8. The number of hydrogen-bond donors (Lipinski definition) is 1. The van der Waals surface area contributed by atoms with Crippen LogP contribution in [0.25, 0.3) is 0 Å². The summed E-state index contributed by atoms with van der Waals surface area (Å²) in [5.41, 5.74) is -0.128. The van der Waals surface area contributed by atoms with Crippen molar-refractivity contribution in [3.63, 3.8) is 0 Å². The summed E-state index contributed by atoms with van der Waals surface area (Å²) in [5, 5.41) is 3.42. The van der Waals surface area contributed by atoms with E-state index < -0.39 is 17.8 Å². The van der Waals surface area contributed by atoms with Gasteiger partial charge in [-0.2, -0.15) is 13.2 Å². The second kappa shape index (κ2) is 9.98. The van der Waals surface area contributed by atoms with Crippen LogP contribution in [0.2, 0.25) is 0 Å². The SMILES string of the molecule is CN=C(NCC(C)N1CCOCC1C)N1CCOC(c2cccc(C(F)(F)F)c2)C1. The van der Waals surface area contributed by atoms with Gasteiger partial charge in [-0.15, -0.1) is 0 Å². The van der Waals surface area contributed by atoms with E-state index in [1.807, 2.05) is 4.90 Å². The highest BCUT2D eigenvalue weighted by Gasteiger charge is 2.32. The Bertz CT molecular complexity index is 728. The third kappa shape index (κ3) is 5.65. The number of nitrogens with one attached hydrogen (secondary N) is 1. The van der Waals surface area contributed by atoms with Crippen molar-refractivity contribution in [1.82, 2.24) is 15.1 Å². The minimum atomic E-state index is -4.37. The van der Waals surface area contributed by atoms with Crippen LogP contribution in [0.3, 0.4) is 0 Å². The summed E-state index contributed by atoms with van der Waals surface area (Å²) in [6, 6.07) is 6.04. The summed E-state index contributed by atoms with van der Waals surface area (Å²) in [5.74, 6) is 0.739. The van der Waals surface area contributed by atoms with E-state index in [0.29, 0.717) is 37.3 Å². The van der Waals surface area contributed by atoms with Crippen LogP contribution < -0.4 is 5.32 Å². The molecule has 30 heavy (non-hydrogen) atoms. The van der Waals surface area contributed by atoms with Crippen molar-refractivity contribution < 1.29 is 22.6 Å². The lowest BCUT2D eigenvalue weighted by atomic mass is 10.0. The number of ether oxygens (including phenoxy) is 2. The average molecular weight is 428 g/mol. The normalized spacial score (nSPS) is 25.3. The first-order chi connectivity index (χ1) is 14.3. The number of guanidine groups is 1. The molecule has 2 saturated heterocycles. The highest BCUT2D eigenvalue weighted by molar-refractivity contribution is 5.80. The molecule has 3 rings (SSSR count). The molecule has 0 saturated carbocycles. The summed E-state index contributed by atoms with van der Waals surface area (Å²) in [4.78, 5) is 8.84. The van der Waals surface area contributed by atoms with E-state index in [1.165, 1.54) is 12.1 Å². The lowest BCUT2D eigenvalue weighted by molar-refractivity contribution is -0.137. The molecular weight excluding hydrogens is 397 g/mol. The number of nitrogens with zero attached hydrogens (tertiary/aromatic N) is 3. The maximum Gasteiger partial charge on any atom is 0.416 e. The lowest BCUT2D eigenvalue weighted by Gasteiger charge is -2.39. The first-order valence-electron chi connectivity index (χ1n) is 10.4. The van der Waals surface area contributed by atoms with Gasteiger partial charge in [0.05, 0.1) is 31.9 Å². The highest BCUT2D eigenvalue weighted by atomic mass is 19.4. The number of morpholine rings is 2. The van der Waals surface area contributed by atoms with E-state index in [9.17, 15) is 13.2 Å². The van der Waals surface area contributed by atoms with Crippen LogP contribution in [0.4, 0.5) is 13.2 Å². The predicted molar refractivity (Wildman–Crippen MR) is 110 cm³/mol. The molecular formula is C21H31F3N4O2. The Kier molecular flexibility index (Phi) is 7.60. The molecule has 2 heterocycles. The average Bonchev–Trinajstić information content (AvgIpc) is 2.74. The molecule has 1 aromatic carbocycles. The van der Waals surface area contributed by atoms with Gasteiger partial charge in [0.25, 0.3) is 0 Å². The quantitative estimate of drug-likeness (QED) is 0.591. The molecule has 2 aliphatic rings. The first-order valence-corrected chi connectivity index (χ1v) is 10.4. The van der Waals surface area contributed by atoms with E-state index in [4.69, 9.17) is 9.47 Å². The van der Waals surface area contributed by atoms with E-state index in [1.54, 1.807) is 13.1 Å². The molecule has 6 nitrogen and oxygen atoms in total. The summed E-state index contributed by atoms with van der Waals surface area (Å²) >= 11 is 0. The van der Waals surface area contributed by atoms with Crippen LogP contribution in [0.1, 0.15) is 31.1 Å². The van der Waals surface area contributed by atoms with Gasteiger partial charge in [0.15, 0.2) is 5.96 Å². The van der Waals surface area contributed by atoms with Gasteiger partial charge in [0, 0.05) is 38.8 Å². The second-order valence-corrected chi connectivity index (χ2v) is 7.87. The van der Waals surface area contributed by atoms with Crippen molar-refractivity contribution >= 4 is 5.96 Å². The predicted octanol–water partition coefficient (Wildman–Crippen LogP) is 2.76. The third-order valence-corrected chi connectivity index (χ3v) is 5.70. The zero-order valence-electron chi connectivity index (χ0n) is 17.8. The molecule has 168 valence electrons. The minimum Gasteiger partial charge on any atom is -0.379 e. The Morgan fingerprint density at radius 2 is 2.10 bits per heavy atom. The maximum atomic E-state index is 13.1. The molecule has 2 aliphatic heterocycles. The molecule has 1 aromatic rings. The standard InChI is InChI=1S/C21H31F3N4O2/c1-15(28-8-9-29-14-16(28)2)12-26-20(25-3)27-7-10-30-19(13-27)17-5-4-6-18(11-17)21(22,23)24/h4-6,11,15-16,19H,7-10,12-14H2,1-3H3,(H,25,26). The van der Waals surface area contributed by atoms with E-state index >= 15 is 0 Å². The number of rotatable bonds is 4. The van der Waals surface area contributed by atoms with E-state index in [0.717, 1.165) is 38.3 Å². The molecule has 0 aromatic heterocycles. The Labute approximate surface area is 176 Å². The number of halogens is 3. The molecule has 1 N–H and O–H groups in total. The number of aliphatic imine (C=N–C) groups is 1. The minimum absolute atomic E-state index is 0.306. The van der Waals surface area contributed by atoms with Crippen molar-refractivity contribution in [3.8, 4) is 0 Å². The summed E-state index contributed by atoms with van der Waals surface area (Å²) in [6.07, 6.45) is -4.80. The zero-order chi connectivity index (χ0) is 21.7. The second-order valence-electron chi connectivity index (χ2n) is 7.87. The number of hydrogen-bond acceptors (Lipinski definition) is 4. The Morgan fingerprint density at radius 3 is 2.80 bits per heavy atom. The fourth-order valence-electron chi connectivity index (χ4n) is 4.04. The number of alkyl halides is 3. The fourth-order valence-corrected chi connectivity index (χ4v) is 4.04. The van der Waals surface area contributed by atoms with Crippen LogP contribution in [-0.2, 0) is 15.7 Å². The van der Waals surface area contributed by atoms with Crippen LogP contribution >= 0.6 is 0 Å². The van der Waals surface area contributed by atoms with Crippen molar-refractivity contribution in [3.05, 3.63) is 35.4 Å². The Hall–Kier alpha value is -1.84. The fraction of sp³-hybridized carbons (Fsp3) is 0.667. The molecule has 0 radical (unpaired) electrons. The molecule has 3 atom stereocenters. The lowest BCUT2D eigenvalue weighted by Crippen LogP contribution is -2.54. The van der Waals surface area contributed by atoms with Gasteiger partial charge in [0.2, 0.25) is 0 Å². The van der Waals surface area contributed by atoms with Crippen LogP contribution in [-0.4, -0.2) is 80.9 Å². The van der Waals surface area contributed by atoms with Crippen molar-refractivity contribution in [1.29, 1.82) is 0 Å². The van der Waals surface area contributed by atoms with Gasteiger partial charge in [-0.05, 0) is 31.5 Å². The van der Waals surface area contributed by atoms with Crippen LogP contribution in [0.5, 0.6) is 0 Å². The Balaban J connectivity index is 1.61. The topological polar surface area (TPSA) is 49.3 Å².